The van der Waals surface area contributed by atoms with Crippen molar-refractivity contribution in [1.82, 2.24) is 0 Å². The van der Waals surface area contributed by atoms with E-state index in [0.29, 0.717) is 0 Å². The van der Waals surface area contributed by atoms with E-state index >= 15 is 0 Å². The summed E-state index contributed by atoms with van der Waals surface area (Å²) < 4.78 is 19.5. The number of carbonyl (C=O) groups excluding carboxylic acids is 1. The molecule has 19 heavy (non-hydrogen) atoms. The van der Waals surface area contributed by atoms with E-state index in [9.17, 15) is 9.18 Å². The van der Waals surface area contributed by atoms with Crippen LogP contribution in [0.25, 0.3) is 12.2 Å². The van der Waals surface area contributed by atoms with E-state index in [1.54, 1.807) is 12.2 Å². The van der Waals surface area contributed by atoms with Crippen LogP contribution in [0, 0.1) is 5.82 Å². The first-order chi connectivity index (χ1) is 9.22. The van der Waals surface area contributed by atoms with Crippen LogP contribution in [-0.4, -0.2) is 13.2 Å². The second-order valence-electron chi connectivity index (χ2n) is 3.83. The van der Waals surface area contributed by atoms with E-state index in [4.69, 9.17) is 0 Å². The predicted molar refractivity (Wildman–Crippen MR) is 69.8 cm³/mol. The summed E-state index contributed by atoms with van der Waals surface area (Å²) in [5.41, 5.74) is 1.07. The van der Waals surface area contributed by atoms with Crippen LogP contribution >= 0.6 is 0 Å². The van der Waals surface area contributed by atoms with Crippen LogP contribution in [0.1, 0.15) is 11.3 Å². The third kappa shape index (κ3) is 3.04. The van der Waals surface area contributed by atoms with Crippen molar-refractivity contribution in [3.05, 3.63) is 65.7 Å². The Labute approximate surface area is 110 Å². The molecular formula is C15H13FNO2+. The Hall–Kier alpha value is -2.49. The molecule has 0 unspecified atom stereocenters. The van der Waals surface area contributed by atoms with Gasteiger partial charge in [0.25, 0.3) is 5.69 Å². The number of benzene rings is 1. The number of carbonyl (C=O) groups is 1. The average molecular weight is 258 g/mol. The molecule has 96 valence electrons. The summed E-state index contributed by atoms with van der Waals surface area (Å²) in [4.78, 5) is 11.5. The Morgan fingerprint density at radius 1 is 1.16 bits per heavy atom. The molecule has 0 saturated heterocycles. The van der Waals surface area contributed by atoms with Crippen LogP contribution in [0.2, 0.25) is 0 Å². The van der Waals surface area contributed by atoms with E-state index in [1.165, 1.54) is 25.4 Å². The number of hydrogen-bond donors (Lipinski definition) is 0. The Morgan fingerprint density at radius 2 is 1.89 bits per heavy atom. The molecule has 0 fully saturated rings. The van der Waals surface area contributed by atoms with Gasteiger partial charge in [-0.1, -0.05) is 34.9 Å². The first-order valence-corrected chi connectivity index (χ1v) is 5.74. The highest BCUT2D eigenvalue weighted by Crippen LogP contribution is 2.08. The summed E-state index contributed by atoms with van der Waals surface area (Å²) >= 11 is 0. The quantitative estimate of drug-likeness (QED) is 0.775. The van der Waals surface area contributed by atoms with Gasteiger partial charge in [-0.3, -0.25) is 0 Å². The van der Waals surface area contributed by atoms with Crippen LogP contribution in [0.15, 0.2) is 48.7 Å². The molecule has 0 N–H and O–H groups in total. The number of ether oxygens (including phenoxy) is 1. The fourth-order valence-corrected chi connectivity index (χ4v) is 1.65. The molecular weight excluding hydrogens is 245 g/mol. The molecule has 0 spiro atoms. The normalized spacial score (nSPS) is 10.6. The van der Waals surface area contributed by atoms with Gasteiger partial charge in [-0.25, -0.2) is 0 Å². The maximum Gasteiger partial charge on any atom is 0.602 e. The molecule has 0 aliphatic heterocycles. The average Bonchev–Trinajstić information content (AvgIpc) is 2.46. The number of methoxy groups -OCH3 is 1. The highest BCUT2D eigenvalue weighted by molar-refractivity contribution is 5.68. The molecule has 0 aliphatic rings. The Bertz CT molecular complexity index is 609. The maximum atomic E-state index is 13.8. The van der Waals surface area contributed by atoms with Crippen molar-refractivity contribution in [2.45, 2.75) is 0 Å². The van der Waals surface area contributed by atoms with Crippen molar-refractivity contribution in [1.29, 1.82) is 0 Å². The molecule has 3 nitrogen and oxygen atoms in total. The van der Waals surface area contributed by atoms with Gasteiger partial charge in [-0.15, -0.1) is 0 Å². The van der Waals surface area contributed by atoms with Gasteiger partial charge >= 0.3 is 6.09 Å². The fraction of sp³-hybridized carbons (Fsp3) is 0.0667. The number of halogens is 1. The number of hydrogen-bond acceptors (Lipinski definition) is 2. The zero-order chi connectivity index (χ0) is 13.7. The van der Waals surface area contributed by atoms with Crippen molar-refractivity contribution in [2.24, 2.45) is 0 Å². The fourth-order valence-electron chi connectivity index (χ4n) is 1.65. The van der Waals surface area contributed by atoms with Gasteiger partial charge in [0.05, 0.1) is 7.11 Å². The topological polar surface area (TPSA) is 30.2 Å². The van der Waals surface area contributed by atoms with Crippen molar-refractivity contribution in [3.63, 3.8) is 0 Å². The minimum absolute atomic E-state index is 0.151. The smallest absolute Gasteiger partial charge is 0.415 e. The third-order valence-corrected chi connectivity index (χ3v) is 2.59. The lowest BCUT2D eigenvalue weighted by molar-refractivity contribution is -0.588. The van der Waals surface area contributed by atoms with Crippen molar-refractivity contribution in [2.75, 3.05) is 7.11 Å². The minimum atomic E-state index is -0.632. The lowest BCUT2D eigenvalue weighted by Crippen LogP contribution is -2.45. The van der Waals surface area contributed by atoms with Crippen molar-refractivity contribution >= 4 is 18.2 Å². The maximum absolute atomic E-state index is 13.8. The Kier molecular flexibility index (Phi) is 4.03. The first-order valence-electron chi connectivity index (χ1n) is 5.74. The third-order valence-electron chi connectivity index (χ3n) is 2.59. The Balaban J connectivity index is 2.39. The molecule has 0 atom stereocenters. The molecule has 0 bridgehead atoms. The molecule has 0 amide bonds. The predicted octanol–water partition coefficient (Wildman–Crippen LogP) is 2.90. The molecule has 0 radical (unpaired) electrons. The van der Waals surface area contributed by atoms with Crippen molar-refractivity contribution in [3.8, 4) is 0 Å². The number of pyridine rings is 1. The molecule has 0 aliphatic carbocycles. The minimum Gasteiger partial charge on any atom is -0.415 e. The largest absolute Gasteiger partial charge is 0.602 e. The monoisotopic (exact) mass is 258 g/mol. The van der Waals surface area contributed by atoms with Crippen LogP contribution < -0.4 is 4.57 Å². The number of aromatic nitrogens is 1. The van der Waals surface area contributed by atoms with Gasteiger partial charge in [-0.05, 0) is 17.7 Å². The van der Waals surface area contributed by atoms with Crippen LogP contribution in [0.3, 0.4) is 0 Å². The standard InChI is InChI=1S/C15H13FNO2/c1-19-15(18)17-11-5-8-13(16)14(17)10-9-12-6-3-2-4-7-12/h2-11H,1H3/q+1. The molecule has 1 aromatic heterocycles. The molecule has 0 saturated carbocycles. The van der Waals surface area contributed by atoms with E-state index in [2.05, 4.69) is 4.74 Å². The summed E-state index contributed by atoms with van der Waals surface area (Å²) in [6.07, 6.45) is 4.10. The van der Waals surface area contributed by atoms with Gasteiger partial charge in [0.2, 0.25) is 0 Å². The summed E-state index contributed by atoms with van der Waals surface area (Å²) in [5, 5.41) is 0. The SMILES string of the molecule is COC(=O)[n+]1cccc(F)c1C=Cc1ccccc1. The second kappa shape index (κ2) is 5.91. The highest BCUT2D eigenvalue weighted by Gasteiger charge is 2.22. The Morgan fingerprint density at radius 3 is 2.58 bits per heavy atom. The zero-order valence-corrected chi connectivity index (χ0v) is 10.4. The van der Waals surface area contributed by atoms with Crippen LogP contribution in [-0.2, 0) is 4.74 Å². The summed E-state index contributed by atoms with van der Waals surface area (Å²) in [5.74, 6) is -0.486. The first kappa shape index (κ1) is 13.0. The van der Waals surface area contributed by atoms with Gasteiger partial charge in [0.1, 0.15) is 0 Å². The highest BCUT2D eigenvalue weighted by atomic mass is 19.1. The van der Waals surface area contributed by atoms with Crippen LogP contribution in [0.4, 0.5) is 9.18 Å². The van der Waals surface area contributed by atoms with Gasteiger partial charge in [0, 0.05) is 12.1 Å². The lowest BCUT2D eigenvalue weighted by atomic mass is 10.2. The van der Waals surface area contributed by atoms with Crippen LogP contribution in [0.5, 0.6) is 0 Å². The summed E-state index contributed by atoms with van der Waals surface area (Å²) in [6, 6.07) is 12.2. The molecule has 2 aromatic rings. The van der Waals surface area contributed by atoms with Gasteiger partial charge < -0.3 is 4.74 Å². The van der Waals surface area contributed by atoms with E-state index in [-0.39, 0.29) is 5.69 Å². The lowest BCUT2D eigenvalue weighted by Gasteiger charge is -1.98. The number of rotatable bonds is 2. The zero-order valence-electron chi connectivity index (χ0n) is 10.4. The van der Waals surface area contributed by atoms with E-state index in [0.717, 1.165) is 10.1 Å². The molecule has 2 rings (SSSR count). The molecule has 1 aromatic carbocycles. The van der Waals surface area contributed by atoms with Gasteiger partial charge in [-0.2, -0.15) is 9.18 Å². The van der Waals surface area contributed by atoms with E-state index in [1.807, 2.05) is 30.3 Å². The summed E-state index contributed by atoms with van der Waals surface area (Å²) in [7, 11) is 1.25. The summed E-state index contributed by atoms with van der Waals surface area (Å²) in [6.45, 7) is 0. The van der Waals surface area contributed by atoms with Crippen molar-refractivity contribution < 1.29 is 18.5 Å². The molecule has 1 heterocycles. The number of nitrogens with zero attached hydrogens (tertiary/aromatic N) is 1. The second-order valence-corrected chi connectivity index (χ2v) is 3.83. The van der Waals surface area contributed by atoms with Gasteiger partial charge in [0.15, 0.2) is 12.0 Å². The molecule has 4 heteroatoms. The van der Waals surface area contributed by atoms with E-state index < -0.39 is 11.9 Å².